The first kappa shape index (κ1) is 23.1. The van der Waals surface area contributed by atoms with Crippen molar-refractivity contribution >= 4 is 35.1 Å². The van der Waals surface area contributed by atoms with Crippen molar-refractivity contribution in [2.24, 2.45) is 0 Å². The molecule has 0 bridgehead atoms. The molecule has 9 heteroatoms. The Morgan fingerprint density at radius 2 is 1.79 bits per heavy atom. The molecule has 0 aromatic heterocycles. The van der Waals surface area contributed by atoms with Crippen molar-refractivity contribution in [2.45, 2.75) is 19.9 Å². The minimum Gasteiger partial charge on any atom is -0.507 e. The highest BCUT2D eigenvalue weighted by molar-refractivity contribution is 6.37. The molecule has 2 amide bonds. The molecule has 0 atom stereocenters. The van der Waals surface area contributed by atoms with Crippen LogP contribution in [0.1, 0.15) is 27.0 Å². The summed E-state index contributed by atoms with van der Waals surface area (Å²) in [4.78, 5) is 37.0. The van der Waals surface area contributed by atoms with Crippen molar-refractivity contribution in [1.82, 2.24) is 4.90 Å². The van der Waals surface area contributed by atoms with E-state index in [0.717, 1.165) is 12.0 Å². The summed E-state index contributed by atoms with van der Waals surface area (Å²) in [6.45, 7) is 2.66. The van der Waals surface area contributed by atoms with Gasteiger partial charge in [0.05, 0.1) is 10.6 Å². The van der Waals surface area contributed by atoms with Crippen LogP contribution in [0.25, 0.3) is 0 Å². The van der Waals surface area contributed by atoms with Crippen LogP contribution in [-0.2, 0) is 22.6 Å². The lowest BCUT2D eigenvalue weighted by Crippen LogP contribution is -2.35. The van der Waals surface area contributed by atoms with Gasteiger partial charge in [0.25, 0.3) is 5.91 Å². The zero-order valence-electron chi connectivity index (χ0n) is 18.2. The molecule has 174 valence electrons. The number of ether oxygens (including phenoxy) is 1. The summed E-state index contributed by atoms with van der Waals surface area (Å²) < 4.78 is 5.89. The standard InChI is InChI=1S/C25H21ClN2O6/c1-14-10-17(27-23(30)25(32)33)11-20(26)22(14)34-18-6-7-21(29)19(12-18)24(31)28-9-8-15-4-2-3-5-16(15)13-28/h2-7,10-12,29H,8-9,13H2,1H3,(H,27,30)(H,32,33). The van der Waals surface area contributed by atoms with Gasteiger partial charge in [-0.2, -0.15) is 0 Å². The van der Waals surface area contributed by atoms with Crippen LogP contribution < -0.4 is 10.1 Å². The predicted molar refractivity (Wildman–Crippen MR) is 126 cm³/mol. The third-order valence-corrected chi connectivity index (χ3v) is 5.80. The number of nitrogens with one attached hydrogen (secondary N) is 1. The van der Waals surface area contributed by atoms with E-state index in [1.54, 1.807) is 11.8 Å². The van der Waals surface area contributed by atoms with E-state index in [1.165, 1.54) is 35.9 Å². The Morgan fingerprint density at radius 3 is 2.50 bits per heavy atom. The third kappa shape index (κ3) is 4.82. The summed E-state index contributed by atoms with van der Waals surface area (Å²) in [5.74, 6) is -2.73. The fraction of sp³-hybridized carbons (Fsp3) is 0.160. The smallest absolute Gasteiger partial charge is 0.394 e. The number of phenols is 1. The molecule has 3 aromatic rings. The summed E-state index contributed by atoms with van der Waals surface area (Å²) >= 11 is 6.30. The molecule has 0 radical (unpaired) electrons. The summed E-state index contributed by atoms with van der Waals surface area (Å²) in [5.41, 5.74) is 3.12. The number of rotatable bonds is 4. The lowest BCUT2D eigenvalue weighted by molar-refractivity contribution is -0.147. The SMILES string of the molecule is Cc1cc(NC(=O)C(=O)O)cc(Cl)c1Oc1ccc(O)c(C(=O)N2CCc3ccccc3C2)c1. The van der Waals surface area contributed by atoms with Crippen LogP contribution in [0, 0.1) is 6.92 Å². The summed E-state index contributed by atoms with van der Waals surface area (Å²) in [5, 5.41) is 21.5. The molecular formula is C25H21ClN2O6. The van der Waals surface area contributed by atoms with Gasteiger partial charge >= 0.3 is 11.9 Å². The number of phenolic OH excluding ortho intramolecular Hbond substituents is 1. The van der Waals surface area contributed by atoms with Crippen molar-refractivity contribution in [3.8, 4) is 17.2 Å². The minimum atomic E-state index is -1.62. The zero-order valence-corrected chi connectivity index (χ0v) is 18.9. The first-order valence-corrected chi connectivity index (χ1v) is 10.8. The fourth-order valence-corrected chi connectivity index (χ4v) is 4.13. The number of carbonyl (C=O) groups is 3. The van der Waals surface area contributed by atoms with E-state index >= 15 is 0 Å². The van der Waals surface area contributed by atoms with E-state index in [0.29, 0.717) is 18.7 Å². The highest BCUT2D eigenvalue weighted by Gasteiger charge is 2.24. The van der Waals surface area contributed by atoms with Crippen molar-refractivity contribution in [3.63, 3.8) is 0 Å². The molecule has 3 N–H and O–H groups in total. The van der Waals surface area contributed by atoms with E-state index in [4.69, 9.17) is 21.4 Å². The second-order valence-electron chi connectivity index (χ2n) is 7.89. The summed E-state index contributed by atoms with van der Waals surface area (Å²) in [7, 11) is 0. The van der Waals surface area contributed by atoms with Crippen molar-refractivity contribution < 1.29 is 29.3 Å². The average Bonchev–Trinajstić information content (AvgIpc) is 2.81. The molecule has 0 saturated carbocycles. The number of aliphatic carboxylic acids is 1. The fourth-order valence-electron chi connectivity index (χ4n) is 3.82. The van der Waals surface area contributed by atoms with Crippen LogP contribution in [0.15, 0.2) is 54.6 Å². The van der Waals surface area contributed by atoms with Crippen molar-refractivity contribution in [3.05, 3.63) is 81.9 Å². The number of carboxylic acids is 1. The van der Waals surface area contributed by atoms with E-state index in [1.807, 2.05) is 24.3 Å². The second-order valence-corrected chi connectivity index (χ2v) is 8.30. The van der Waals surface area contributed by atoms with Gasteiger partial charge in [-0.3, -0.25) is 9.59 Å². The minimum absolute atomic E-state index is 0.107. The Bertz CT molecular complexity index is 1280. The molecule has 4 rings (SSSR count). The molecule has 0 saturated heterocycles. The molecule has 8 nitrogen and oxygen atoms in total. The number of hydrogen-bond donors (Lipinski definition) is 3. The Morgan fingerprint density at radius 1 is 1.06 bits per heavy atom. The number of hydrogen-bond acceptors (Lipinski definition) is 5. The number of aromatic hydroxyl groups is 1. The number of halogens is 1. The number of aryl methyl sites for hydroxylation is 1. The van der Waals surface area contributed by atoms with Gasteiger partial charge in [-0.05, 0) is 60.4 Å². The maximum atomic E-state index is 13.2. The van der Waals surface area contributed by atoms with Crippen LogP contribution >= 0.6 is 11.6 Å². The summed E-state index contributed by atoms with van der Waals surface area (Å²) in [6.07, 6.45) is 0.735. The van der Waals surface area contributed by atoms with Crippen LogP contribution in [0.4, 0.5) is 5.69 Å². The number of nitrogens with zero attached hydrogens (tertiary/aromatic N) is 1. The Kier molecular flexibility index (Phi) is 6.43. The Balaban J connectivity index is 1.55. The number of amides is 2. The molecule has 0 spiro atoms. The maximum absolute atomic E-state index is 13.2. The molecule has 1 aliphatic rings. The van der Waals surface area contributed by atoms with Gasteiger partial charge in [-0.15, -0.1) is 0 Å². The van der Waals surface area contributed by atoms with Crippen molar-refractivity contribution in [1.29, 1.82) is 0 Å². The molecule has 1 aliphatic heterocycles. The third-order valence-electron chi connectivity index (χ3n) is 5.52. The van der Waals surface area contributed by atoms with Gasteiger partial charge in [0.1, 0.15) is 17.2 Å². The Labute approximate surface area is 200 Å². The zero-order chi connectivity index (χ0) is 24.4. The molecule has 34 heavy (non-hydrogen) atoms. The number of carboxylic acid groups (broad SMARTS) is 1. The number of carbonyl (C=O) groups excluding carboxylic acids is 2. The monoisotopic (exact) mass is 480 g/mol. The van der Waals surface area contributed by atoms with E-state index in [-0.39, 0.29) is 39.4 Å². The van der Waals surface area contributed by atoms with E-state index < -0.39 is 11.9 Å². The van der Waals surface area contributed by atoms with Crippen molar-refractivity contribution in [2.75, 3.05) is 11.9 Å². The van der Waals surface area contributed by atoms with Crippen LogP contribution in [-0.4, -0.2) is 39.4 Å². The number of anilines is 1. The van der Waals surface area contributed by atoms with Gasteiger partial charge in [-0.1, -0.05) is 35.9 Å². The van der Waals surface area contributed by atoms with Gasteiger partial charge in [0.2, 0.25) is 0 Å². The normalized spacial score (nSPS) is 12.6. The summed E-state index contributed by atoms with van der Waals surface area (Å²) in [6, 6.07) is 15.2. The van der Waals surface area contributed by atoms with Crippen LogP contribution in [0.2, 0.25) is 5.02 Å². The molecule has 1 heterocycles. The van der Waals surface area contributed by atoms with Gasteiger partial charge in [-0.25, -0.2) is 4.79 Å². The lowest BCUT2D eigenvalue weighted by atomic mass is 9.99. The topological polar surface area (TPSA) is 116 Å². The second kappa shape index (κ2) is 9.44. The molecule has 0 fully saturated rings. The maximum Gasteiger partial charge on any atom is 0.394 e. The number of fused-ring (bicyclic) bond motifs is 1. The number of benzene rings is 3. The average molecular weight is 481 g/mol. The molecule has 0 aliphatic carbocycles. The quantitative estimate of drug-likeness (QED) is 0.477. The van der Waals surface area contributed by atoms with E-state index in [9.17, 15) is 19.5 Å². The van der Waals surface area contributed by atoms with Gasteiger partial charge in [0, 0.05) is 18.8 Å². The Hall–Kier alpha value is -4.04. The van der Waals surface area contributed by atoms with Gasteiger partial charge < -0.3 is 25.2 Å². The first-order valence-electron chi connectivity index (χ1n) is 10.4. The van der Waals surface area contributed by atoms with E-state index in [2.05, 4.69) is 5.32 Å². The lowest BCUT2D eigenvalue weighted by Gasteiger charge is -2.29. The molecule has 0 unspecified atom stereocenters. The highest BCUT2D eigenvalue weighted by Crippen LogP contribution is 2.37. The van der Waals surface area contributed by atoms with Gasteiger partial charge in [0.15, 0.2) is 0 Å². The van der Waals surface area contributed by atoms with Crippen LogP contribution in [0.5, 0.6) is 17.2 Å². The van der Waals surface area contributed by atoms with Crippen LogP contribution in [0.3, 0.4) is 0 Å². The first-order chi connectivity index (χ1) is 16.2. The molecular weight excluding hydrogens is 460 g/mol. The largest absolute Gasteiger partial charge is 0.507 e. The predicted octanol–water partition coefficient (Wildman–Crippen LogP) is 4.37. The molecule has 3 aromatic carbocycles. The highest BCUT2D eigenvalue weighted by atomic mass is 35.5.